The van der Waals surface area contributed by atoms with Gasteiger partial charge in [-0.05, 0) is 32.0 Å². The maximum atomic E-state index is 10.4. The Kier molecular flexibility index (Phi) is 4.66. The van der Waals surface area contributed by atoms with Crippen molar-refractivity contribution in [3.63, 3.8) is 0 Å². The lowest BCUT2D eigenvalue weighted by Gasteiger charge is -2.36. The molecule has 1 atom stereocenters. The number of hydrogen-bond donors (Lipinski definition) is 1. The number of ether oxygens (including phenoxy) is 2. The highest BCUT2D eigenvalue weighted by Gasteiger charge is 2.25. The third-order valence-corrected chi connectivity index (χ3v) is 3.96. The molecule has 1 aliphatic rings. The Bertz CT molecular complexity index is 418. The Morgan fingerprint density at radius 1 is 1.32 bits per heavy atom. The molecule has 1 N–H and O–H groups in total. The smallest absolute Gasteiger partial charge is 0.128 e. The van der Waals surface area contributed by atoms with Crippen molar-refractivity contribution >= 4 is 0 Å². The molecule has 0 amide bonds. The number of aliphatic hydroxyl groups is 1. The number of aliphatic hydroxyl groups excluding tert-OH is 1. The predicted molar refractivity (Wildman–Crippen MR) is 74.8 cm³/mol. The Labute approximate surface area is 114 Å². The van der Waals surface area contributed by atoms with Crippen LogP contribution in [-0.4, -0.2) is 43.9 Å². The lowest BCUT2D eigenvalue weighted by Crippen LogP contribution is -2.39. The molecular formula is C15H23NO3. The van der Waals surface area contributed by atoms with Crippen LogP contribution in [-0.2, 0) is 0 Å². The number of rotatable bonds is 6. The monoisotopic (exact) mass is 265 g/mol. The van der Waals surface area contributed by atoms with E-state index in [-0.39, 0.29) is 0 Å². The molecule has 4 nitrogen and oxygen atoms in total. The van der Waals surface area contributed by atoms with E-state index in [1.807, 2.05) is 18.2 Å². The van der Waals surface area contributed by atoms with E-state index in [4.69, 9.17) is 9.47 Å². The van der Waals surface area contributed by atoms with Gasteiger partial charge in [0, 0.05) is 24.2 Å². The van der Waals surface area contributed by atoms with Gasteiger partial charge in [0.15, 0.2) is 0 Å². The van der Waals surface area contributed by atoms with E-state index in [0.29, 0.717) is 18.3 Å². The van der Waals surface area contributed by atoms with Crippen molar-refractivity contribution in [1.82, 2.24) is 4.90 Å². The van der Waals surface area contributed by atoms with Gasteiger partial charge in [-0.1, -0.05) is 6.42 Å². The quantitative estimate of drug-likeness (QED) is 0.856. The molecule has 1 unspecified atom stereocenters. The summed E-state index contributed by atoms with van der Waals surface area (Å²) in [6.45, 7) is 0.632. The van der Waals surface area contributed by atoms with Gasteiger partial charge < -0.3 is 19.5 Å². The zero-order chi connectivity index (χ0) is 13.8. The largest absolute Gasteiger partial charge is 0.497 e. The minimum Gasteiger partial charge on any atom is -0.497 e. The Morgan fingerprint density at radius 3 is 2.58 bits per heavy atom. The number of nitrogens with zero attached hydrogens (tertiary/aromatic N) is 1. The minimum absolute atomic E-state index is 0.536. The van der Waals surface area contributed by atoms with E-state index in [9.17, 15) is 5.11 Å². The van der Waals surface area contributed by atoms with E-state index in [1.165, 1.54) is 19.3 Å². The zero-order valence-electron chi connectivity index (χ0n) is 11.9. The molecule has 1 aromatic rings. The van der Waals surface area contributed by atoms with Crippen molar-refractivity contribution in [1.29, 1.82) is 0 Å². The van der Waals surface area contributed by atoms with Crippen LogP contribution in [0.25, 0.3) is 0 Å². The normalized spacial score (nSPS) is 17.1. The SMILES string of the molecule is COc1ccc(C(O)CN(C)C2CCC2)c(OC)c1. The van der Waals surface area contributed by atoms with Gasteiger partial charge in [0.1, 0.15) is 11.5 Å². The first-order chi connectivity index (χ1) is 9.15. The average Bonchev–Trinajstić information content (AvgIpc) is 2.35. The number of benzene rings is 1. The molecule has 1 fully saturated rings. The highest BCUT2D eigenvalue weighted by atomic mass is 16.5. The standard InChI is InChI=1S/C15H23NO3/c1-16(11-5-4-6-11)10-14(17)13-8-7-12(18-2)9-15(13)19-3/h7-9,11,14,17H,4-6,10H2,1-3H3. The molecule has 0 aliphatic heterocycles. The van der Waals surface area contributed by atoms with E-state index in [0.717, 1.165) is 11.3 Å². The Balaban J connectivity index is 2.06. The van der Waals surface area contributed by atoms with E-state index in [2.05, 4.69) is 11.9 Å². The summed E-state index contributed by atoms with van der Waals surface area (Å²) in [5.74, 6) is 1.41. The molecule has 0 radical (unpaired) electrons. The van der Waals surface area contributed by atoms with Crippen molar-refractivity contribution < 1.29 is 14.6 Å². The lowest BCUT2D eigenvalue weighted by atomic mass is 9.91. The van der Waals surface area contributed by atoms with Crippen molar-refractivity contribution in [2.24, 2.45) is 0 Å². The molecule has 0 aromatic heterocycles. The zero-order valence-corrected chi connectivity index (χ0v) is 11.9. The van der Waals surface area contributed by atoms with E-state index in [1.54, 1.807) is 14.2 Å². The fourth-order valence-corrected chi connectivity index (χ4v) is 2.44. The lowest BCUT2D eigenvalue weighted by molar-refractivity contribution is 0.0762. The molecule has 1 aliphatic carbocycles. The summed E-state index contributed by atoms with van der Waals surface area (Å²) >= 11 is 0. The molecule has 0 saturated heterocycles. The highest BCUT2D eigenvalue weighted by molar-refractivity contribution is 5.42. The number of likely N-dealkylation sites (N-methyl/N-ethyl adjacent to an activating group) is 1. The van der Waals surface area contributed by atoms with E-state index < -0.39 is 6.10 Å². The van der Waals surface area contributed by atoms with Crippen LogP contribution in [0.1, 0.15) is 30.9 Å². The summed E-state index contributed by atoms with van der Waals surface area (Å²) in [6.07, 6.45) is 3.24. The molecule has 2 rings (SSSR count). The summed E-state index contributed by atoms with van der Waals surface area (Å²) in [7, 11) is 5.30. The van der Waals surface area contributed by atoms with Gasteiger partial charge in [-0.25, -0.2) is 0 Å². The fourth-order valence-electron chi connectivity index (χ4n) is 2.44. The third kappa shape index (κ3) is 3.19. The fraction of sp³-hybridized carbons (Fsp3) is 0.600. The maximum absolute atomic E-state index is 10.4. The Hall–Kier alpha value is -1.26. The van der Waals surface area contributed by atoms with Crippen LogP contribution in [0.2, 0.25) is 0 Å². The second-order valence-electron chi connectivity index (χ2n) is 5.15. The molecular weight excluding hydrogens is 242 g/mol. The molecule has 0 spiro atoms. The predicted octanol–water partition coefficient (Wildman–Crippen LogP) is 2.22. The Morgan fingerprint density at radius 2 is 2.05 bits per heavy atom. The van der Waals surface area contributed by atoms with Crippen molar-refractivity contribution in [3.8, 4) is 11.5 Å². The van der Waals surface area contributed by atoms with Crippen LogP contribution in [0.4, 0.5) is 0 Å². The summed E-state index contributed by atoms with van der Waals surface area (Å²) in [6, 6.07) is 6.15. The topological polar surface area (TPSA) is 41.9 Å². The molecule has 106 valence electrons. The molecule has 0 heterocycles. The van der Waals surface area contributed by atoms with Crippen LogP contribution in [0, 0.1) is 0 Å². The first-order valence-corrected chi connectivity index (χ1v) is 6.76. The second-order valence-corrected chi connectivity index (χ2v) is 5.15. The van der Waals surface area contributed by atoms with Gasteiger partial charge in [-0.2, -0.15) is 0 Å². The van der Waals surface area contributed by atoms with Gasteiger partial charge in [-0.15, -0.1) is 0 Å². The summed E-state index contributed by atoms with van der Waals surface area (Å²) < 4.78 is 10.5. The molecule has 19 heavy (non-hydrogen) atoms. The van der Waals surface area contributed by atoms with Crippen molar-refractivity contribution in [2.75, 3.05) is 27.8 Å². The van der Waals surface area contributed by atoms with Crippen LogP contribution < -0.4 is 9.47 Å². The van der Waals surface area contributed by atoms with Gasteiger partial charge in [-0.3, -0.25) is 0 Å². The number of methoxy groups -OCH3 is 2. The molecule has 1 aromatic carbocycles. The van der Waals surface area contributed by atoms with Crippen LogP contribution in [0.3, 0.4) is 0 Å². The van der Waals surface area contributed by atoms with Gasteiger partial charge >= 0.3 is 0 Å². The van der Waals surface area contributed by atoms with E-state index >= 15 is 0 Å². The summed E-state index contributed by atoms with van der Waals surface area (Å²) in [5, 5.41) is 10.4. The molecule has 4 heteroatoms. The second kappa shape index (κ2) is 6.26. The average molecular weight is 265 g/mol. The van der Waals surface area contributed by atoms with Crippen molar-refractivity contribution in [3.05, 3.63) is 23.8 Å². The molecule has 0 bridgehead atoms. The first kappa shape index (κ1) is 14.2. The summed E-state index contributed by atoms with van der Waals surface area (Å²) in [4.78, 5) is 2.23. The minimum atomic E-state index is -0.536. The maximum Gasteiger partial charge on any atom is 0.128 e. The van der Waals surface area contributed by atoms with Crippen LogP contribution >= 0.6 is 0 Å². The van der Waals surface area contributed by atoms with Crippen LogP contribution in [0.5, 0.6) is 11.5 Å². The number of hydrogen-bond acceptors (Lipinski definition) is 4. The van der Waals surface area contributed by atoms with Gasteiger partial charge in [0.2, 0.25) is 0 Å². The van der Waals surface area contributed by atoms with Crippen LogP contribution in [0.15, 0.2) is 18.2 Å². The third-order valence-electron chi connectivity index (χ3n) is 3.96. The van der Waals surface area contributed by atoms with Gasteiger partial charge in [0.05, 0.1) is 20.3 Å². The molecule has 1 saturated carbocycles. The van der Waals surface area contributed by atoms with Crippen molar-refractivity contribution in [2.45, 2.75) is 31.4 Å². The highest BCUT2D eigenvalue weighted by Crippen LogP contribution is 2.31. The first-order valence-electron chi connectivity index (χ1n) is 6.76. The van der Waals surface area contributed by atoms with Gasteiger partial charge in [0.25, 0.3) is 0 Å². The summed E-state index contributed by atoms with van der Waals surface area (Å²) in [5.41, 5.74) is 0.814.